The highest BCUT2D eigenvalue weighted by molar-refractivity contribution is 5.97. The number of nitrogens with zero attached hydrogens (tertiary/aromatic N) is 2. The smallest absolute Gasteiger partial charge is 0.251 e. The van der Waals surface area contributed by atoms with Crippen LogP contribution in [0.3, 0.4) is 0 Å². The molecule has 0 radical (unpaired) electrons. The second-order valence-corrected chi connectivity index (χ2v) is 7.94. The number of ether oxygens (including phenoxy) is 1. The molecule has 2 heterocycles. The van der Waals surface area contributed by atoms with Gasteiger partial charge in [-0.15, -0.1) is 0 Å². The summed E-state index contributed by atoms with van der Waals surface area (Å²) in [4.78, 5) is 28.9. The monoisotopic (exact) mass is 407 g/mol. The summed E-state index contributed by atoms with van der Waals surface area (Å²) in [5.41, 5.74) is 2.66. The van der Waals surface area contributed by atoms with Crippen molar-refractivity contribution in [3.8, 4) is 5.75 Å². The van der Waals surface area contributed by atoms with Crippen LogP contribution in [0.15, 0.2) is 48.5 Å². The lowest BCUT2D eigenvalue weighted by Gasteiger charge is -2.28. The number of likely N-dealkylation sites (tertiary alicyclic amines) is 1. The van der Waals surface area contributed by atoms with Gasteiger partial charge in [0.2, 0.25) is 5.91 Å². The molecule has 0 unspecified atom stereocenters. The summed E-state index contributed by atoms with van der Waals surface area (Å²) in [7, 11) is 1.66. The van der Waals surface area contributed by atoms with Gasteiger partial charge in [-0.05, 0) is 74.3 Å². The third-order valence-electron chi connectivity index (χ3n) is 6.05. The Hall–Kier alpha value is -2.86. The molecule has 0 aliphatic carbocycles. The van der Waals surface area contributed by atoms with Crippen molar-refractivity contribution in [3.63, 3.8) is 0 Å². The molecule has 2 saturated heterocycles. The van der Waals surface area contributed by atoms with Gasteiger partial charge < -0.3 is 15.0 Å². The largest absolute Gasteiger partial charge is 0.497 e. The summed E-state index contributed by atoms with van der Waals surface area (Å²) in [6, 6.07) is 15.6. The van der Waals surface area contributed by atoms with Crippen LogP contribution in [-0.2, 0) is 4.79 Å². The number of carbonyl (C=O) groups is 2. The highest BCUT2D eigenvalue weighted by Crippen LogP contribution is 2.26. The number of methoxy groups -OCH3 is 1. The third kappa shape index (κ3) is 4.49. The Bertz CT molecular complexity index is 874. The first-order chi connectivity index (χ1) is 14.7. The van der Waals surface area contributed by atoms with E-state index in [9.17, 15) is 9.59 Å². The number of anilines is 1. The fraction of sp³-hybridized carbons (Fsp3) is 0.417. The van der Waals surface area contributed by atoms with Crippen molar-refractivity contribution in [2.45, 2.75) is 31.7 Å². The first-order valence-corrected chi connectivity index (χ1v) is 10.7. The molecular weight excluding hydrogens is 378 g/mol. The number of rotatable bonds is 7. The zero-order valence-corrected chi connectivity index (χ0v) is 17.5. The van der Waals surface area contributed by atoms with E-state index in [2.05, 4.69) is 22.3 Å². The normalized spacial score (nSPS) is 17.9. The van der Waals surface area contributed by atoms with E-state index in [1.54, 1.807) is 24.1 Å². The molecule has 2 amide bonds. The molecular formula is C24H29N3O3. The zero-order valence-electron chi connectivity index (χ0n) is 17.5. The van der Waals surface area contributed by atoms with Gasteiger partial charge in [0.15, 0.2) is 0 Å². The van der Waals surface area contributed by atoms with Gasteiger partial charge in [0, 0.05) is 30.8 Å². The number of hydrogen-bond acceptors (Lipinski definition) is 4. The molecule has 158 valence electrons. The molecule has 1 N–H and O–H groups in total. The second kappa shape index (κ2) is 9.30. The lowest BCUT2D eigenvalue weighted by Crippen LogP contribution is -2.36. The van der Waals surface area contributed by atoms with Crippen molar-refractivity contribution in [1.82, 2.24) is 10.2 Å². The summed E-state index contributed by atoms with van der Waals surface area (Å²) in [5.74, 6) is 0.895. The van der Waals surface area contributed by atoms with E-state index in [0.717, 1.165) is 37.5 Å². The van der Waals surface area contributed by atoms with E-state index in [1.807, 2.05) is 24.3 Å². The molecule has 0 aromatic heterocycles. The van der Waals surface area contributed by atoms with E-state index in [-0.39, 0.29) is 17.9 Å². The average molecular weight is 408 g/mol. The molecule has 2 aromatic rings. The molecule has 4 rings (SSSR count). The summed E-state index contributed by atoms with van der Waals surface area (Å²) in [6.07, 6.45) is 3.88. The van der Waals surface area contributed by atoms with Crippen LogP contribution in [0.1, 0.15) is 47.6 Å². The van der Waals surface area contributed by atoms with E-state index < -0.39 is 0 Å². The van der Waals surface area contributed by atoms with Gasteiger partial charge in [-0.2, -0.15) is 0 Å². The molecule has 2 aromatic carbocycles. The maximum Gasteiger partial charge on any atom is 0.251 e. The van der Waals surface area contributed by atoms with Crippen LogP contribution in [0.2, 0.25) is 0 Å². The van der Waals surface area contributed by atoms with Gasteiger partial charge in [0.05, 0.1) is 13.2 Å². The number of amides is 2. The molecule has 6 heteroatoms. The van der Waals surface area contributed by atoms with Crippen molar-refractivity contribution in [2.24, 2.45) is 0 Å². The molecule has 2 aliphatic rings. The Balaban J connectivity index is 1.42. The van der Waals surface area contributed by atoms with Gasteiger partial charge in [-0.3, -0.25) is 14.5 Å². The number of carbonyl (C=O) groups excluding carboxylic acids is 2. The predicted octanol–water partition coefficient (Wildman–Crippen LogP) is 3.39. The van der Waals surface area contributed by atoms with Crippen LogP contribution in [0, 0.1) is 0 Å². The molecule has 0 bridgehead atoms. The highest BCUT2D eigenvalue weighted by atomic mass is 16.5. The van der Waals surface area contributed by atoms with Crippen LogP contribution in [-0.4, -0.2) is 50.0 Å². The SMILES string of the molecule is COc1ccc([C@H](CNC(=O)c2ccc(N3CCCC3=O)cc2)N2CCCC2)cc1. The Kier molecular flexibility index (Phi) is 6.33. The standard InChI is InChI=1S/C24H29N3O3/c1-30-21-12-8-18(9-13-21)22(26-14-2-3-15-26)17-25-24(29)19-6-10-20(11-7-19)27-16-4-5-23(27)28/h6-13,22H,2-5,14-17H2,1H3,(H,25,29)/t22-/m0/s1. The second-order valence-electron chi connectivity index (χ2n) is 7.94. The molecule has 2 aliphatic heterocycles. The Morgan fingerprint density at radius 3 is 2.30 bits per heavy atom. The number of hydrogen-bond donors (Lipinski definition) is 1. The first kappa shape index (κ1) is 20.4. The van der Waals surface area contributed by atoms with Crippen molar-refractivity contribution >= 4 is 17.5 Å². The Morgan fingerprint density at radius 2 is 1.70 bits per heavy atom. The predicted molar refractivity (Wildman–Crippen MR) is 117 cm³/mol. The Morgan fingerprint density at radius 1 is 1.00 bits per heavy atom. The minimum atomic E-state index is -0.0907. The van der Waals surface area contributed by atoms with E-state index >= 15 is 0 Å². The summed E-state index contributed by atoms with van der Waals surface area (Å²) >= 11 is 0. The van der Waals surface area contributed by atoms with Crippen molar-refractivity contribution in [1.29, 1.82) is 0 Å². The fourth-order valence-electron chi connectivity index (χ4n) is 4.34. The fourth-order valence-corrected chi connectivity index (χ4v) is 4.34. The Labute approximate surface area is 177 Å². The lowest BCUT2D eigenvalue weighted by atomic mass is 10.0. The van der Waals surface area contributed by atoms with E-state index in [4.69, 9.17) is 4.74 Å². The highest BCUT2D eigenvalue weighted by Gasteiger charge is 2.25. The lowest BCUT2D eigenvalue weighted by molar-refractivity contribution is -0.117. The summed E-state index contributed by atoms with van der Waals surface area (Å²) in [5, 5.41) is 3.11. The van der Waals surface area contributed by atoms with E-state index in [1.165, 1.54) is 18.4 Å². The van der Waals surface area contributed by atoms with Crippen LogP contribution in [0.4, 0.5) is 5.69 Å². The number of benzene rings is 2. The molecule has 0 saturated carbocycles. The molecule has 0 spiro atoms. The van der Waals surface area contributed by atoms with Gasteiger partial charge in [0.1, 0.15) is 5.75 Å². The van der Waals surface area contributed by atoms with Gasteiger partial charge >= 0.3 is 0 Å². The quantitative estimate of drug-likeness (QED) is 0.764. The van der Waals surface area contributed by atoms with Crippen molar-refractivity contribution in [2.75, 3.05) is 38.2 Å². The van der Waals surface area contributed by atoms with Crippen LogP contribution >= 0.6 is 0 Å². The zero-order chi connectivity index (χ0) is 20.9. The molecule has 30 heavy (non-hydrogen) atoms. The maximum absolute atomic E-state index is 12.8. The molecule has 6 nitrogen and oxygen atoms in total. The van der Waals surface area contributed by atoms with E-state index in [0.29, 0.717) is 18.5 Å². The molecule has 2 fully saturated rings. The average Bonchev–Trinajstić information content (AvgIpc) is 3.46. The van der Waals surface area contributed by atoms with Crippen LogP contribution in [0.5, 0.6) is 5.75 Å². The summed E-state index contributed by atoms with van der Waals surface area (Å²) < 4.78 is 5.28. The van der Waals surface area contributed by atoms with Gasteiger partial charge in [-0.1, -0.05) is 12.1 Å². The van der Waals surface area contributed by atoms with Crippen LogP contribution in [0.25, 0.3) is 0 Å². The topological polar surface area (TPSA) is 61.9 Å². The number of nitrogens with one attached hydrogen (secondary N) is 1. The van der Waals surface area contributed by atoms with Gasteiger partial charge in [-0.25, -0.2) is 0 Å². The minimum Gasteiger partial charge on any atom is -0.497 e. The third-order valence-corrected chi connectivity index (χ3v) is 6.05. The minimum absolute atomic E-state index is 0.0907. The van der Waals surface area contributed by atoms with Crippen LogP contribution < -0.4 is 15.0 Å². The van der Waals surface area contributed by atoms with Gasteiger partial charge in [0.25, 0.3) is 5.91 Å². The summed E-state index contributed by atoms with van der Waals surface area (Å²) in [6.45, 7) is 3.40. The molecule has 1 atom stereocenters. The van der Waals surface area contributed by atoms with Crippen molar-refractivity contribution in [3.05, 3.63) is 59.7 Å². The maximum atomic E-state index is 12.8. The van der Waals surface area contributed by atoms with Crippen molar-refractivity contribution < 1.29 is 14.3 Å². The first-order valence-electron chi connectivity index (χ1n) is 10.7.